The number of carbonyl (C=O) groups excluding carboxylic acids is 2. The minimum absolute atomic E-state index is 0.0301. The number of para-hydroxylation sites is 1. The highest BCUT2D eigenvalue weighted by Gasteiger charge is 2.24. The van der Waals surface area contributed by atoms with Gasteiger partial charge in [0.2, 0.25) is 0 Å². The zero-order valence-electron chi connectivity index (χ0n) is 17.8. The van der Waals surface area contributed by atoms with Gasteiger partial charge in [0.1, 0.15) is 0 Å². The average molecular weight is 472 g/mol. The van der Waals surface area contributed by atoms with E-state index >= 15 is 0 Å². The Bertz CT molecular complexity index is 874. The summed E-state index contributed by atoms with van der Waals surface area (Å²) >= 11 is 3.39. The Morgan fingerprint density at radius 1 is 0.967 bits per heavy atom. The number of nitrogens with one attached hydrogen (secondary N) is 2. The molecule has 1 heterocycles. The van der Waals surface area contributed by atoms with Crippen molar-refractivity contribution in [1.29, 1.82) is 0 Å². The second-order valence-electron chi connectivity index (χ2n) is 8.26. The van der Waals surface area contributed by atoms with Crippen molar-refractivity contribution in [3.8, 4) is 0 Å². The zero-order valence-corrected chi connectivity index (χ0v) is 19.4. The van der Waals surface area contributed by atoms with Crippen LogP contribution < -0.4 is 15.5 Å². The van der Waals surface area contributed by atoms with Gasteiger partial charge in [-0.05, 0) is 62.1 Å². The van der Waals surface area contributed by atoms with Crippen molar-refractivity contribution in [2.24, 2.45) is 5.92 Å². The molecule has 0 radical (unpaired) electrons. The van der Waals surface area contributed by atoms with Crippen molar-refractivity contribution in [3.63, 3.8) is 0 Å². The van der Waals surface area contributed by atoms with Crippen LogP contribution in [-0.4, -0.2) is 37.0 Å². The first-order chi connectivity index (χ1) is 14.3. The van der Waals surface area contributed by atoms with Gasteiger partial charge in [0.15, 0.2) is 0 Å². The van der Waals surface area contributed by atoms with Gasteiger partial charge in [-0.15, -0.1) is 0 Å². The molecule has 1 fully saturated rings. The third kappa shape index (κ3) is 5.63. The van der Waals surface area contributed by atoms with E-state index in [-0.39, 0.29) is 23.9 Å². The summed E-state index contributed by atoms with van der Waals surface area (Å²) in [7, 11) is 0. The van der Waals surface area contributed by atoms with Gasteiger partial charge in [0.25, 0.3) is 11.8 Å². The highest BCUT2D eigenvalue weighted by Crippen LogP contribution is 2.25. The fraction of sp³-hybridized carbons (Fsp3) is 0.417. The lowest BCUT2D eigenvalue weighted by Gasteiger charge is -2.35. The number of hydrogen-bond acceptors (Lipinski definition) is 3. The largest absolute Gasteiger partial charge is 0.371 e. The van der Waals surface area contributed by atoms with Gasteiger partial charge in [0.05, 0.1) is 5.56 Å². The van der Waals surface area contributed by atoms with E-state index in [4.69, 9.17) is 0 Å². The van der Waals surface area contributed by atoms with Crippen molar-refractivity contribution in [1.82, 2.24) is 10.6 Å². The number of rotatable bonds is 6. The molecule has 0 aromatic heterocycles. The van der Waals surface area contributed by atoms with E-state index in [0.29, 0.717) is 17.0 Å². The van der Waals surface area contributed by atoms with Crippen molar-refractivity contribution in [2.45, 2.75) is 45.7 Å². The second kappa shape index (κ2) is 10.1. The van der Waals surface area contributed by atoms with E-state index in [2.05, 4.69) is 45.3 Å². The molecule has 6 heteroatoms. The maximum Gasteiger partial charge on any atom is 0.253 e. The molecule has 2 amide bonds. The number of carbonyl (C=O) groups is 2. The lowest BCUT2D eigenvalue weighted by atomic mass is 10.0. The number of anilines is 1. The van der Waals surface area contributed by atoms with Crippen LogP contribution in [0.4, 0.5) is 5.69 Å². The minimum Gasteiger partial charge on any atom is -0.371 e. The van der Waals surface area contributed by atoms with E-state index in [1.165, 1.54) is 0 Å². The van der Waals surface area contributed by atoms with Gasteiger partial charge in [-0.2, -0.15) is 0 Å². The predicted molar refractivity (Wildman–Crippen MR) is 125 cm³/mol. The highest BCUT2D eigenvalue weighted by atomic mass is 79.9. The number of hydrogen-bond donors (Lipinski definition) is 2. The Kier molecular flexibility index (Phi) is 7.53. The molecule has 2 N–H and O–H groups in total. The van der Waals surface area contributed by atoms with Crippen LogP contribution in [0.3, 0.4) is 0 Å². The summed E-state index contributed by atoms with van der Waals surface area (Å²) in [5.41, 5.74) is 2.34. The number of halogens is 1. The van der Waals surface area contributed by atoms with Gasteiger partial charge in [-0.3, -0.25) is 9.59 Å². The maximum atomic E-state index is 12.8. The molecule has 1 unspecified atom stereocenters. The van der Waals surface area contributed by atoms with Gasteiger partial charge in [-0.25, -0.2) is 0 Å². The fourth-order valence-corrected chi connectivity index (χ4v) is 3.79. The number of benzene rings is 2. The Morgan fingerprint density at radius 3 is 2.23 bits per heavy atom. The molecule has 1 atom stereocenters. The summed E-state index contributed by atoms with van der Waals surface area (Å²) in [5.74, 6) is 0.312. The van der Waals surface area contributed by atoms with Crippen molar-refractivity contribution in [3.05, 3.63) is 64.1 Å². The molecule has 1 saturated heterocycles. The molecular weight excluding hydrogens is 442 g/mol. The van der Waals surface area contributed by atoms with Gasteiger partial charge in [-0.1, -0.05) is 41.9 Å². The molecular formula is C24H30BrN3O2. The molecule has 5 nitrogen and oxygen atoms in total. The molecule has 1 aliphatic rings. The van der Waals surface area contributed by atoms with Gasteiger partial charge in [0, 0.05) is 40.9 Å². The molecule has 0 spiro atoms. The zero-order chi connectivity index (χ0) is 21.7. The van der Waals surface area contributed by atoms with E-state index in [1.807, 2.05) is 55.5 Å². The minimum atomic E-state index is -0.0385. The average Bonchev–Trinajstić information content (AvgIpc) is 2.74. The number of nitrogens with zero attached hydrogens (tertiary/aromatic N) is 1. The molecule has 2 aromatic carbocycles. The lowest BCUT2D eigenvalue weighted by Crippen LogP contribution is -2.45. The second-order valence-corrected chi connectivity index (χ2v) is 9.18. The number of amides is 2. The van der Waals surface area contributed by atoms with Gasteiger partial charge >= 0.3 is 0 Å². The van der Waals surface area contributed by atoms with Crippen molar-refractivity contribution >= 4 is 33.4 Å². The monoisotopic (exact) mass is 471 g/mol. The van der Waals surface area contributed by atoms with Crippen LogP contribution in [0.15, 0.2) is 53.0 Å². The van der Waals surface area contributed by atoms with E-state index in [1.54, 1.807) is 0 Å². The predicted octanol–water partition coefficient (Wildman–Crippen LogP) is 4.62. The van der Waals surface area contributed by atoms with Crippen molar-refractivity contribution in [2.75, 3.05) is 18.0 Å². The van der Waals surface area contributed by atoms with Crippen molar-refractivity contribution < 1.29 is 9.59 Å². The first-order valence-electron chi connectivity index (χ1n) is 10.6. The highest BCUT2D eigenvalue weighted by molar-refractivity contribution is 9.10. The van der Waals surface area contributed by atoms with Crippen LogP contribution in [0, 0.1) is 5.92 Å². The van der Waals surface area contributed by atoms with E-state index in [9.17, 15) is 9.59 Å². The number of piperidine rings is 1. The van der Waals surface area contributed by atoms with Crippen LogP contribution >= 0.6 is 15.9 Å². The summed E-state index contributed by atoms with van der Waals surface area (Å²) in [6, 6.07) is 15.4. The van der Waals surface area contributed by atoms with Gasteiger partial charge < -0.3 is 15.5 Å². The fourth-order valence-electron chi connectivity index (χ4n) is 3.53. The standard InChI is InChI=1S/C24H30BrN3O2/c1-16(2)17(3)26-24(30)21-6-4-5-7-22(21)28-14-12-20(13-15-28)27-23(29)18-8-10-19(25)11-9-18/h4-11,16-17,20H,12-15H2,1-3H3,(H,26,30)(H,27,29). The first-order valence-corrected chi connectivity index (χ1v) is 11.4. The Labute approximate surface area is 187 Å². The Balaban J connectivity index is 1.60. The molecule has 0 bridgehead atoms. The maximum absolute atomic E-state index is 12.8. The SMILES string of the molecule is CC(C)C(C)NC(=O)c1ccccc1N1CCC(NC(=O)c2ccc(Br)cc2)CC1. The quantitative estimate of drug-likeness (QED) is 0.645. The van der Waals surface area contributed by atoms with Crippen LogP contribution in [0.25, 0.3) is 0 Å². The third-order valence-electron chi connectivity index (χ3n) is 5.78. The van der Waals surface area contributed by atoms with E-state index in [0.717, 1.165) is 36.1 Å². The summed E-state index contributed by atoms with van der Waals surface area (Å²) < 4.78 is 0.956. The van der Waals surface area contributed by atoms with Crippen LogP contribution in [0.5, 0.6) is 0 Å². The van der Waals surface area contributed by atoms with E-state index < -0.39 is 0 Å². The summed E-state index contributed by atoms with van der Waals surface area (Å²) in [4.78, 5) is 27.5. The van der Waals surface area contributed by atoms with Crippen LogP contribution in [0.2, 0.25) is 0 Å². The third-order valence-corrected chi connectivity index (χ3v) is 6.31. The Hall–Kier alpha value is -2.34. The summed E-state index contributed by atoms with van der Waals surface area (Å²) in [6.45, 7) is 7.84. The van der Waals surface area contributed by atoms with Crippen LogP contribution in [0.1, 0.15) is 54.3 Å². The van der Waals surface area contributed by atoms with Crippen LogP contribution in [-0.2, 0) is 0 Å². The lowest BCUT2D eigenvalue weighted by molar-refractivity contribution is 0.0925. The molecule has 2 aromatic rings. The molecule has 0 saturated carbocycles. The Morgan fingerprint density at radius 2 is 1.60 bits per heavy atom. The molecule has 30 heavy (non-hydrogen) atoms. The topological polar surface area (TPSA) is 61.4 Å². The summed E-state index contributed by atoms with van der Waals surface area (Å²) in [5, 5.41) is 6.25. The molecule has 160 valence electrons. The normalized spacial score (nSPS) is 15.7. The molecule has 3 rings (SSSR count). The molecule has 0 aliphatic carbocycles. The molecule has 1 aliphatic heterocycles. The first kappa shape index (κ1) is 22.3. The smallest absolute Gasteiger partial charge is 0.253 e. The summed E-state index contributed by atoms with van der Waals surface area (Å²) in [6.07, 6.45) is 1.70.